The molecule has 1 unspecified atom stereocenters. The minimum Gasteiger partial charge on any atom is -0.312 e. The molecule has 0 spiro atoms. The maximum atomic E-state index is 4.84. The van der Waals surface area contributed by atoms with Crippen molar-refractivity contribution in [2.24, 2.45) is 0 Å². The Kier molecular flexibility index (Phi) is 6.46. The zero-order chi connectivity index (χ0) is 14.4. The van der Waals surface area contributed by atoms with Gasteiger partial charge in [0.15, 0.2) is 0 Å². The van der Waals surface area contributed by atoms with Gasteiger partial charge in [0.2, 0.25) is 0 Å². The summed E-state index contributed by atoms with van der Waals surface area (Å²) in [5.41, 5.74) is 1.30. The van der Waals surface area contributed by atoms with E-state index in [1.54, 1.807) is 0 Å². The Morgan fingerprint density at radius 1 is 1.35 bits per heavy atom. The fraction of sp³-hybridized carbons (Fsp3) is 0.812. The van der Waals surface area contributed by atoms with Crippen molar-refractivity contribution in [3.8, 4) is 0 Å². The van der Waals surface area contributed by atoms with Crippen LogP contribution in [0.1, 0.15) is 55.6 Å². The zero-order valence-electron chi connectivity index (χ0n) is 13.2. The Labute approximate surface area is 127 Å². The van der Waals surface area contributed by atoms with Crippen molar-refractivity contribution < 1.29 is 0 Å². The first-order valence-corrected chi connectivity index (χ1v) is 8.98. The molecule has 20 heavy (non-hydrogen) atoms. The van der Waals surface area contributed by atoms with Crippen molar-refractivity contribution in [2.75, 3.05) is 19.6 Å². The van der Waals surface area contributed by atoms with E-state index < -0.39 is 0 Å². The lowest BCUT2D eigenvalue weighted by atomic mass is 10.0. The summed E-state index contributed by atoms with van der Waals surface area (Å²) >= 11 is 1.91. The molecule has 3 nitrogen and oxygen atoms in total. The van der Waals surface area contributed by atoms with Gasteiger partial charge < -0.3 is 10.2 Å². The Morgan fingerprint density at radius 2 is 2.20 bits per heavy atom. The van der Waals surface area contributed by atoms with E-state index in [1.165, 1.54) is 47.9 Å². The van der Waals surface area contributed by atoms with Crippen molar-refractivity contribution >= 4 is 11.3 Å². The fourth-order valence-electron chi connectivity index (χ4n) is 2.93. The molecule has 0 aromatic carbocycles. The van der Waals surface area contributed by atoms with Crippen LogP contribution in [-0.4, -0.2) is 35.6 Å². The summed E-state index contributed by atoms with van der Waals surface area (Å²) in [4.78, 5) is 8.92. The van der Waals surface area contributed by atoms with Crippen LogP contribution in [-0.2, 0) is 19.4 Å². The molecule has 1 aromatic heterocycles. The van der Waals surface area contributed by atoms with Crippen LogP contribution in [0, 0.1) is 0 Å². The summed E-state index contributed by atoms with van der Waals surface area (Å²) in [5.74, 6) is 0. The van der Waals surface area contributed by atoms with Crippen LogP contribution in [0.2, 0.25) is 0 Å². The van der Waals surface area contributed by atoms with Gasteiger partial charge in [0, 0.05) is 30.4 Å². The van der Waals surface area contributed by atoms with E-state index in [9.17, 15) is 0 Å². The van der Waals surface area contributed by atoms with Crippen LogP contribution in [0.15, 0.2) is 0 Å². The van der Waals surface area contributed by atoms with Crippen LogP contribution >= 0.6 is 11.3 Å². The first-order valence-electron chi connectivity index (χ1n) is 8.16. The SMILES string of the molecule is CCNCc1sc(CCN2CCCCC2C)nc1CC. The molecule has 1 atom stereocenters. The standard InChI is InChI=1S/C16H29N3S/c1-4-14-15(12-17-5-2)20-16(18-14)9-11-19-10-7-6-8-13(19)3/h13,17H,4-12H2,1-3H3. The largest absolute Gasteiger partial charge is 0.312 e. The van der Waals surface area contributed by atoms with Crippen molar-refractivity contribution in [3.63, 3.8) is 0 Å². The number of aryl methyl sites for hydroxylation is 1. The second-order valence-electron chi connectivity index (χ2n) is 5.74. The first kappa shape index (κ1) is 15.9. The van der Waals surface area contributed by atoms with E-state index >= 15 is 0 Å². The third-order valence-corrected chi connectivity index (χ3v) is 5.40. The van der Waals surface area contributed by atoms with Gasteiger partial charge in [-0.3, -0.25) is 0 Å². The molecule has 0 saturated carbocycles. The summed E-state index contributed by atoms with van der Waals surface area (Å²) in [6.45, 7) is 11.2. The van der Waals surface area contributed by atoms with Crippen molar-refractivity contribution in [1.82, 2.24) is 15.2 Å². The van der Waals surface area contributed by atoms with Gasteiger partial charge in [-0.15, -0.1) is 11.3 Å². The highest BCUT2D eigenvalue weighted by atomic mass is 32.1. The number of hydrogen-bond acceptors (Lipinski definition) is 4. The molecule has 0 radical (unpaired) electrons. The van der Waals surface area contributed by atoms with Gasteiger partial charge in [-0.25, -0.2) is 4.98 Å². The zero-order valence-corrected chi connectivity index (χ0v) is 14.1. The van der Waals surface area contributed by atoms with Gasteiger partial charge in [0.1, 0.15) is 0 Å². The van der Waals surface area contributed by atoms with E-state index in [-0.39, 0.29) is 0 Å². The van der Waals surface area contributed by atoms with Crippen molar-refractivity contribution in [1.29, 1.82) is 0 Å². The molecule has 0 amide bonds. The predicted octanol–water partition coefficient (Wildman–Crippen LogP) is 3.23. The van der Waals surface area contributed by atoms with Crippen LogP contribution in [0.25, 0.3) is 0 Å². The first-order chi connectivity index (χ1) is 9.74. The maximum absolute atomic E-state index is 4.84. The highest BCUT2D eigenvalue weighted by molar-refractivity contribution is 7.11. The smallest absolute Gasteiger partial charge is 0.0944 e. The Morgan fingerprint density at radius 3 is 2.90 bits per heavy atom. The molecule has 1 saturated heterocycles. The number of hydrogen-bond donors (Lipinski definition) is 1. The monoisotopic (exact) mass is 295 g/mol. The lowest BCUT2D eigenvalue weighted by molar-refractivity contribution is 0.163. The van der Waals surface area contributed by atoms with Gasteiger partial charge in [0.25, 0.3) is 0 Å². The fourth-order valence-corrected chi connectivity index (χ4v) is 4.04. The summed E-state index contributed by atoms with van der Waals surface area (Å²) < 4.78 is 0. The molecule has 2 heterocycles. The number of rotatable bonds is 7. The Balaban J connectivity index is 1.90. The van der Waals surface area contributed by atoms with E-state index in [0.29, 0.717) is 0 Å². The molecule has 1 aromatic rings. The minimum absolute atomic E-state index is 0.760. The number of piperidine rings is 1. The summed E-state index contributed by atoms with van der Waals surface area (Å²) in [6, 6.07) is 0.760. The lowest BCUT2D eigenvalue weighted by Gasteiger charge is -2.33. The Hall–Kier alpha value is -0.450. The second kappa shape index (κ2) is 8.11. The normalized spacial score (nSPS) is 20.4. The molecule has 4 heteroatoms. The van der Waals surface area contributed by atoms with Crippen molar-refractivity contribution in [2.45, 2.75) is 65.5 Å². The molecule has 114 valence electrons. The van der Waals surface area contributed by atoms with Crippen LogP contribution in [0.5, 0.6) is 0 Å². The average molecular weight is 295 g/mol. The highest BCUT2D eigenvalue weighted by Crippen LogP contribution is 2.21. The van der Waals surface area contributed by atoms with E-state index in [4.69, 9.17) is 4.98 Å². The van der Waals surface area contributed by atoms with Gasteiger partial charge in [-0.05, 0) is 39.3 Å². The second-order valence-corrected chi connectivity index (χ2v) is 6.91. The van der Waals surface area contributed by atoms with Gasteiger partial charge >= 0.3 is 0 Å². The topological polar surface area (TPSA) is 28.2 Å². The molecule has 0 aliphatic carbocycles. The molecule has 1 N–H and O–H groups in total. The number of likely N-dealkylation sites (tertiary alicyclic amines) is 1. The maximum Gasteiger partial charge on any atom is 0.0944 e. The van der Waals surface area contributed by atoms with Crippen molar-refractivity contribution in [3.05, 3.63) is 15.6 Å². The molecule has 0 bridgehead atoms. The molecular weight excluding hydrogens is 266 g/mol. The highest BCUT2D eigenvalue weighted by Gasteiger charge is 2.18. The summed E-state index contributed by atoms with van der Waals surface area (Å²) in [7, 11) is 0. The Bertz CT molecular complexity index is 402. The van der Waals surface area contributed by atoms with E-state index in [0.717, 1.165) is 32.0 Å². The van der Waals surface area contributed by atoms with E-state index in [1.807, 2.05) is 11.3 Å². The lowest BCUT2D eigenvalue weighted by Crippen LogP contribution is -2.38. The minimum atomic E-state index is 0.760. The van der Waals surface area contributed by atoms with Gasteiger partial charge in [0.05, 0.1) is 10.7 Å². The van der Waals surface area contributed by atoms with Gasteiger partial charge in [-0.2, -0.15) is 0 Å². The third kappa shape index (κ3) is 4.27. The molecular formula is C16H29N3S. The quantitative estimate of drug-likeness (QED) is 0.837. The summed E-state index contributed by atoms with van der Waals surface area (Å²) in [6.07, 6.45) is 6.31. The van der Waals surface area contributed by atoms with Gasteiger partial charge in [-0.1, -0.05) is 20.3 Å². The summed E-state index contributed by atoms with van der Waals surface area (Å²) in [5, 5.41) is 4.75. The number of nitrogens with zero attached hydrogens (tertiary/aromatic N) is 2. The molecule has 1 aliphatic heterocycles. The molecule has 1 fully saturated rings. The molecule has 1 aliphatic rings. The predicted molar refractivity (Wildman–Crippen MR) is 87.5 cm³/mol. The number of aromatic nitrogens is 1. The van der Waals surface area contributed by atoms with Crippen LogP contribution < -0.4 is 5.32 Å². The number of nitrogens with one attached hydrogen (secondary N) is 1. The number of thiazole rings is 1. The average Bonchev–Trinajstić information content (AvgIpc) is 2.86. The third-order valence-electron chi connectivity index (χ3n) is 4.25. The van der Waals surface area contributed by atoms with Crippen LogP contribution in [0.4, 0.5) is 0 Å². The molecule has 2 rings (SSSR count). The van der Waals surface area contributed by atoms with Crippen LogP contribution in [0.3, 0.4) is 0 Å². The van der Waals surface area contributed by atoms with E-state index in [2.05, 4.69) is 31.0 Å².